The Morgan fingerprint density at radius 3 is 2.77 bits per heavy atom. The molecule has 0 bridgehead atoms. The van der Waals surface area contributed by atoms with Crippen LogP contribution in [0.5, 0.6) is 11.5 Å². The third kappa shape index (κ3) is 3.49. The van der Waals surface area contributed by atoms with Crippen LogP contribution in [0.4, 0.5) is 6.01 Å². The molecule has 4 rings (SSSR count). The second-order valence-corrected chi connectivity index (χ2v) is 7.32. The number of ether oxygens (including phenoxy) is 2. The number of rotatable bonds is 7. The zero-order valence-corrected chi connectivity index (χ0v) is 16.3. The molecule has 2 aromatic heterocycles. The van der Waals surface area contributed by atoms with Crippen LogP contribution in [-0.2, 0) is 6.54 Å². The van der Waals surface area contributed by atoms with Gasteiger partial charge in [0.2, 0.25) is 0 Å². The molecule has 136 valence electrons. The Morgan fingerprint density at radius 2 is 2.08 bits per heavy atom. The van der Waals surface area contributed by atoms with E-state index in [9.17, 15) is 0 Å². The van der Waals surface area contributed by atoms with Crippen LogP contribution in [0.15, 0.2) is 39.5 Å². The van der Waals surface area contributed by atoms with Crippen molar-refractivity contribution in [2.45, 2.75) is 19.4 Å². The Bertz CT molecular complexity index is 924. The van der Waals surface area contributed by atoms with Crippen molar-refractivity contribution in [1.82, 2.24) is 9.97 Å². The van der Waals surface area contributed by atoms with E-state index in [1.54, 1.807) is 26.6 Å². The molecule has 1 aliphatic rings. The molecule has 0 aliphatic heterocycles. The lowest BCUT2D eigenvalue weighted by Gasteiger charge is -2.22. The third-order valence-electron chi connectivity index (χ3n) is 4.55. The van der Waals surface area contributed by atoms with Crippen LogP contribution in [0, 0.1) is 5.92 Å². The van der Waals surface area contributed by atoms with Gasteiger partial charge in [-0.3, -0.25) is 4.98 Å². The highest BCUT2D eigenvalue weighted by molar-refractivity contribution is 9.10. The quantitative estimate of drug-likeness (QED) is 0.566. The number of anilines is 1. The van der Waals surface area contributed by atoms with Crippen molar-refractivity contribution < 1.29 is 13.9 Å². The predicted molar refractivity (Wildman–Crippen MR) is 103 cm³/mol. The minimum Gasteiger partial charge on any atom is -0.497 e. The zero-order chi connectivity index (χ0) is 18.1. The maximum absolute atomic E-state index is 6.04. The largest absolute Gasteiger partial charge is 0.497 e. The lowest BCUT2D eigenvalue weighted by atomic mass is 10.1. The minimum atomic E-state index is 0.610. The Hall–Kier alpha value is -2.28. The first kappa shape index (κ1) is 17.1. The van der Waals surface area contributed by atoms with Gasteiger partial charge in [0.15, 0.2) is 5.58 Å². The highest BCUT2D eigenvalue weighted by Gasteiger charge is 2.27. The first-order valence-electron chi connectivity index (χ1n) is 8.54. The van der Waals surface area contributed by atoms with E-state index in [4.69, 9.17) is 13.9 Å². The van der Waals surface area contributed by atoms with Gasteiger partial charge in [-0.25, -0.2) is 0 Å². The summed E-state index contributed by atoms with van der Waals surface area (Å²) in [7, 11) is 3.32. The SMILES string of the molecule is COc1ccc(CN(CC2CC2)c2nc3cncc(Br)c3o2)c(OC)c1. The Labute approximate surface area is 160 Å². The van der Waals surface area contributed by atoms with Gasteiger partial charge in [0.1, 0.15) is 17.0 Å². The number of oxazole rings is 1. The third-order valence-corrected chi connectivity index (χ3v) is 5.11. The van der Waals surface area contributed by atoms with E-state index in [2.05, 4.69) is 30.8 Å². The predicted octanol–water partition coefficient (Wildman–Crippen LogP) is 4.42. The van der Waals surface area contributed by atoms with Crippen LogP contribution < -0.4 is 14.4 Å². The first-order valence-corrected chi connectivity index (χ1v) is 9.33. The summed E-state index contributed by atoms with van der Waals surface area (Å²) in [5.74, 6) is 2.26. The molecule has 0 spiro atoms. The lowest BCUT2D eigenvalue weighted by molar-refractivity contribution is 0.390. The molecule has 1 aliphatic carbocycles. The van der Waals surface area contributed by atoms with E-state index in [1.165, 1.54) is 12.8 Å². The van der Waals surface area contributed by atoms with Gasteiger partial charge in [0, 0.05) is 24.4 Å². The first-order chi connectivity index (χ1) is 12.7. The van der Waals surface area contributed by atoms with Crippen molar-refractivity contribution in [3.05, 3.63) is 40.6 Å². The maximum atomic E-state index is 6.04. The van der Waals surface area contributed by atoms with Gasteiger partial charge in [-0.05, 0) is 46.8 Å². The van der Waals surface area contributed by atoms with Gasteiger partial charge >= 0.3 is 0 Å². The molecular weight excluding hydrogens is 398 g/mol. The molecule has 0 unspecified atom stereocenters. The van der Waals surface area contributed by atoms with Crippen LogP contribution >= 0.6 is 15.9 Å². The molecule has 0 atom stereocenters. The summed E-state index contributed by atoms with van der Waals surface area (Å²) in [6, 6.07) is 6.48. The normalized spacial score (nSPS) is 13.8. The van der Waals surface area contributed by atoms with Crippen LogP contribution in [0.3, 0.4) is 0 Å². The number of nitrogens with zero attached hydrogens (tertiary/aromatic N) is 3. The standard InChI is InChI=1S/C19H20BrN3O3/c1-24-14-6-5-13(17(7-14)25-2)11-23(10-12-3-4-12)19-22-16-9-21-8-15(20)18(16)26-19/h5-9,12H,3-4,10-11H2,1-2H3. The van der Waals surface area contributed by atoms with Gasteiger partial charge in [0.25, 0.3) is 6.01 Å². The molecule has 1 fully saturated rings. The average Bonchev–Trinajstić information content (AvgIpc) is 3.36. The minimum absolute atomic E-state index is 0.610. The molecule has 7 heteroatoms. The highest BCUT2D eigenvalue weighted by Crippen LogP contribution is 2.35. The van der Waals surface area contributed by atoms with E-state index in [0.29, 0.717) is 18.5 Å². The van der Waals surface area contributed by atoms with Crippen molar-refractivity contribution in [2.24, 2.45) is 5.92 Å². The van der Waals surface area contributed by atoms with Gasteiger partial charge in [-0.1, -0.05) is 0 Å². The van der Waals surface area contributed by atoms with Crippen molar-refractivity contribution in [1.29, 1.82) is 0 Å². The number of aromatic nitrogens is 2. The van der Waals surface area contributed by atoms with Gasteiger partial charge in [-0.15, -0.1) is 0 Å². The fourth-order valence-corrected chi connectivity index (χ4v) is 3.36. The fourth-order valence-electron chi connectivity index (χ4n) is 2.96. The van der Waals surface area contributed by atoms with Gasteiger partial charge in [-0.2, -0.15) is 4.98 Å². The van der Waals surface area contributed by atoms with Crippen LogP contribution in [0.1, 0.15) is 18.4 Å². The molecule has 26 heavy (non-hydrogen) atoms. The fraction of sp³-hybridized carbons (Fsp3) is 0.368. The van der Waals surface area contributed by atoms with Crippen molar-refractivity contribution in [3.8, 4) is 11.5 Å². The van der Waals surface area contributed by atoms with E-state index in [1.807, 2.05) is 18.2 Å². The Kier molecular flexibility index (Phi) is 4.72. The monoisotopic (exact) mass is 417 g/mol. The smallest absolute Gasteiger partial charge is 0.298 e. The zero-order valence-electron chi connectivity index (χ0n) is 14.7. The van der Waals surface area contributed by atoms with E-state index < -0.39 is 0 Å². The average molecular weight is 418 g/mol. The molecule has 0 N–H and O–H groups in total. The Morgan fingerprint density at radius 1 is 1.23 bits per heavy atom. The lowest BCUT2D eigenvalue weighted by Crippen LogP contribution is -2.25. The molecule has 1 aromatic carbocycles. The van der Waals surface area contributed by atoms with E-state index in [0.717, 1.165) is 39.2 Å². The summed E-state index contributed by atoms with van der Waals surface area (Å²) in [5.41, 5.74) is 2.53. The number of methoxy groups -OCH3 is 2. The molecule has 0 amide bonds. The highest BCUT2D eigenvalue weighted by atomic mass is 79.9. The Balaban J connectivity index is 1.67. The van der Waals surface area contributed by atoms with Gasteiger partial charge < -0.3 is 18.8 Å². The maximum Gasteiger partial charge on any atom is 0.298 e. The number of fused-ring (bicyclic) bond motifs is 1. The summed E-state index contributed by atoms with van der Waals surface area (Å²) in [5, 5.41) is 0. The van der Waals surface area contributed by atoms with Crippen LogP contribution in [0.25, 0.3) is 11.1 Å². The summed E-state index contributed by atoms with van der Waals surface area (Å²) in [6.45, 7) is 1.56. The van der Waals surface area contributed by atoms with Crippen molar-refractivity contribution >= 4 is 33.0 Å². The number of hydrogen-bond acceptors (Lipinski definition) is 6. The van der Waals surface area contributed by atoms with Gasteiger partial charge in [0.05, 0.1) is 31.4 Å². The number of hydrogen-bond donors (Lipinski definition) is 0. The summed E-state index contributed by atoms with van der Waals surface area (Å²) in [4.78, 5) is 11.0. The number of halogens is 1. The van der Waals surface area contributed by atoms with E-state index in [-0.39, 0.29) is 0 Å². The molecular formula is C19H20BrN3O3. The topological polar surface area (TPSA) is 60.6 Å². The second-order valence-electron chi connectivity index (χ2n) is 6.47. The van der Waals surface area contributed by atoms with Crippen molar-refractivity contribution in [2.75, 3.05) is 25.7 Å². The van der Waals surface area contributed by atoms with Crippen molar-refractivity contribution in [3.63, 3.8) is 0 Å². The molecule has 0 radical (unpaired) electrons. The molecule has 1 saturated carbocycles. The molecule has 3 aromatic rings. The summed E-state index contributed by atoms with van der Waals surface area (Å²) >= 11 is 3.48. The van der Waals surface area contributed by atoms with Crippen LogP contribution in [0.2, 0.25) is 0 Å². The van der Waals surface area contributed by atoms with Crippen LogP contribution in [-0.4, -0.2) is 30.7 Å². The second kappa shape index (κ2) is 7.15. The van der Waals surface area contributed by atoms with E-state index >= 15 is 0 Å². The number of benzene rings is 1. The molecule has 2 heterocycles. The number of pyridine rings is 1. The molecule has 6 nitrogen and oxygen atoms in total. The summed E-state index contributed by atoms with van der Waals surface area (Å²) in [6.07, 6.45) is 5.94. The molecule has 0 saturated heterocycles. The summed E-state index contributed by atoms with van der Waals surface area (Å²) < 4.78 is 17.7.